The van der Waals surface area contributed by atoms with E-state index in [0.29, 0.717) is 43.0 Å². The van der Waals surface area contributed by atoms with Gasteiger partial charge in [0.1, 0.15) is 6.61 Å². The van der Waals surface area contributed by atoms with Gasteiger partial charge in [0.25, 0.3) is 5.91 Å². The van der Waals surface area contributed by atoms with Crippen LogP contribution in [0.1, 0.15) is 35.2 Å². The van der Waals surface area contributed by atoms with Crippen molar-refractivity contribution in [2.75, 3.05) is 32.9 Å². The van der Waals surface area contributed by atoms with E-state index in [4.69, 9.17) is 14.6 Å². The number of unbranched alkanes of at least 4 members (excludes halogenated alkanes) is 1. The number of amides is 1. The van der Waals surface area contributed by atoms with Gasteiger partial charge in [-0.05, 0) is 55.3 Å². The lowest BCUT2D eigenvalue weighted by Crippen LogP contribution is -2.25. The number of carbonyl (C=O) groups excluding carboxylic acids is 1. The topological polar surface area (TPSA) is 132 Å². The molecule has 0 radical (unpaired) electrons. The van der Waals surface area contributed by atoms with Gasteiger partial charge in [0, 0.05) is 53.8 Å². The fraction of sp³-hybridized carbons (Fsp3) is 0.333. The fourth-order valence-electron chi connectivity index (χ4n) is 4.37. The Morgan fingerprint density at radius 1 is 0.911 bits per heavy atom. The summed E-state index contributed by atoms with van der Waals surface area (Å²) >= 11 is 0. The number of nitrogens with one attached hydrogen (secondary N) is 2. The molecule has 10 nitrogen and oxygen atoms in total. The second-order valence-electron chi connectivity index (χ2n) is 9.75. The number of hydrogen-bond donors (Lipinski definition) is 3. The van der Waals surface area contributed by atoms with Crippen LogP contribution in [0, 0.1) is 11.6 Å². The minimum Gasteiger partial charge on any atom is -0.481 e. The van der Waals surface area contributed by atoms with Crippen LogP contribution in [0.15, 0.2) is 48.8 Å². The van der Waals surface area contributed by atoms with Crippen LogP contribution in [0.25, 0.3) is 21.7 Å². The SMILES string of the molecule is O=C(O)CCNC(=O)c1ccc2c(c1)nc(OCCOCCCCNCc1cc(F)c(OC(F)(F)F)c(F)c1)c1ccncc12. The molecule has 45 heavy (non-hydrogen) atoms. The van der Waals surface area contributed by atoms with Gasteiger partial charge in [0.15, 0.2) is 11.6 Å². The van der Waals surface area contributed by atoms with Crippen LogP contribution < -0.4 is 20.1 Å². The molecule has 0 aliphatic rings. The lowest BCUT2D eigenvalue weighted by atomic mass is 10.1. The lowest BCUT2D eigenvalue weighted by Gasteiger charge is -2.12. The van der Waals surface area contributed by atoms with E-state index >= 15 is 0 Å². The number of hydrogen-bond acceptors (Lipinski definition) is 8. The average molecular weight is 637 g/mol. The molecule has 0 aliphatic carbocycles. The van der Waals surface area contributed by atoms with Gasteiger partial charge in [-0.25, -0.2) is 13.8 Å². The third-order valence-electron chi connectivity index (χ3n) is 6.41. The third kappa shape index (κ3) is 9.68. The number of aromatic nitrogens is 2. The van der Waals surface area contributed by atoms with Crippen molar-refractivity contribution >= 4 is 33.6 Å². The van der Waals surface area contributed by atoms with Gasteiger partial charge in [0.2, 0.25) is 11.6 Å². The van der Waals surface area contributed by atoms with Crippen molar-refractivity contribution in [3.63, 3.8) is 0 Å². The summed E-state index contributed by atoms with van der Waals surface area (Å²) in [6.07, 6.45) is -0.783. The van der Waals surface area contributed by atoms with E-state index in [2.05, 4.69) is 25.3 Å². The Morgan fingerprint density at radius 3 is 2.42 bits per heavy atom. The highest BCUT2D eigenvalue weighted by molar-refractivity contribution is 6.09. The lowest BCUT2D eigenvalue weighted by molar-refractivity contribution is -0.276. The first-order valence-corrected chi connectivity index (χ1v) is 13.8. The smallest absolute Gasteiger partial charge is 0.481 e. The van der Waals surface area contributed by atoms with Crippen molar-refractivity contribution < 1.29 is 50.9 Å². The van der Waals surface area contributed by atoms with Crippen molar-refractivity contribution in [1.82, 2.24) is 20.6 Å². The Kier molecular flexibility index (Phi) is 11.4. The van der Waals surface area contributed by atoms with Crippen LogP contribution in [0.2, 0.25) is 0 Å². The Balaban J connectivity index is 1.21. The predicted molar refractivity (Wildman–Crippen MR) is 152 cm³/mol. The zero-order chi connectivity index (χ0) is 32.4. The maximum absolute atomic E-state index is 13.8. The molecule has 2 aromatic carbocycles. The molecule has 15 heteroatoms. The van der Waals surface area contributed by atoms with Gasteiger partial charge in [0.05, 0.1) is 18.5 Å². The Morgan fingerprint density at radius 2 is 1.69 bits per heavy atom. The number of pyridine rings is 2. The van der Waals surface area contributed by atoms with Crippen LogP contribution in [-0.2, 0) is 16.1 Å². The minimum atomic E-state index is -5.20. The maximum atomic E-state index is 13.8. The summed E-state index contributed by atoms with van der Waals surface area (Å²) in [5.74, 6) is -5.47. The largest absolute Gasteiger partial charge is 0.573 e. The molecule has 0 fully saturated rings. The van der Waals surface area contributed by atoms with Gasteiger partial charge >= 0.3 is 12.3 Å². The molecule has 4 aromatic rings. The predicted octanol–water partition coefficient (Wildman–Crippen LogP) is 5.13. The summed E-state index contributed by atoms with van der Waals surface area (Å²) in [7, 11) is 0. The maximum Gasteiger partial charge on any atom is 0.573 e. The van der Waals surface area contributed by atoms with Gasteiger partial charge in [-0.2, -0.15) is 0 Å². The second kappa shape index (κ2) is 15.4. The second-order valence-corrected chi connectivity index (χ2v) is 9.75. The Bertz CT molecular complexity index is 1630. The number of carboxylic acid groups (broad SMARTS) is 1. The van der Waals surface area contributed by atoms with Crippen LogP contribution in [0.4, 0.5) is 22.0 Å². The van der Waals surface area contributed by atoms with Gasteiger partial charge in [-0.1, -0.05) is 6.07 Å². The normalized spacial score (nSPS) is 11.6. The molecule has 0 bridgehead atoms. The van der Waals surface area contributed by atoms with E-state index in [1.54, 1.807) is 36.7 Å². The fourth-order valence-corrected chi connectivity index (χ4v) is 4.37. The van der Waals surface area contributed by atoms with Crippen molar-refractivity contribution in [1.29, 1.82) is 0 Å². The molecule has 0 saturated carbocycles. The minimum absolute atomic E-state index is 0.00382. The highest BCUT2D eigenvalue weighted by Gasteiger charge is 2.34. The number of alkyl halides is 3. The van der Waals surface area contributed by atoms with E-state index < -0.39 is 35.6 Å². The average Bonchev–Trinajstić information content (AvgIpc) is 2.99. The van der Waals surface area contributed by atoms with Crippen LogP contribution in [-0.4, -0.2) is 66.2 Å². The number of carboxylic acids is 1. The number of halogens is 5. The summed E-state index contributed by atoms with van der Waals surface area (Å²) in [5, 5.41) is 16.6. The van der Waals surface area contributed by atoms with E-state index in [9.17, 15) is 31.5 Å². The molecular weight excluding hydrogens is 607 g/mol. The van der Waals surface area contributed by atoms with E-state index in [0.717, 1.165) is 28.3 Å². The molecule has 0 saturated heterocycles. The molecule has 2 heterocycles. The molecule has 0 spiro atoms. The first-order chi connectivity index (χ1) is 21.5. The molecular formula is C30H29F5N4O6. The van der Waals surface area contributed by atoms with Crippen molar-refractivity contribution in [2.45, 2.75) is 32.2 Å². The third-order valence-corrected chi connectivity index (χ3v) is 6.41. The molecule has 2 aromatic heterocycles. The summed E-state index contributed by atoms with van der Waals surface area (Å²) in [5.41, 5.74) is 0.954. The molecule has 1 amide bonds. The first-order valence-electron chi connectivity index (χ1n) is 13.8. The highest BCUT2D eigenvalue weighted by Crippen LogP contribution is 2.31. The Hall–Kier alpha value is -4.63. The summed E-state index contributed by atoms with van der Waals surface area (Å²) in [6.45, 7) is 1.38. The molecule has 240 valence electrons. The van der Waals surface area contributed by atoms with Crippen molar-refractivity contribution in [3.05, 3.63) is 71.6 Å². The molecule has 4 rings (SSSR count). The number of benzene rings is 2. The molecule has 3 N–H and O–H groups in total. The highest BCUT2D eigenvalue weighted by atomic mass is 19.4. The standard InChI is InChI=1S/C30H29F5N4O6/c31-23-13-18(14-24(32)27(23)45-30(33,34)35)16-36-7-1-2-10-43-11-12-44-29-21-5-8-37-17-22(21)20-4-3-19(15-25(20)39-29)28(42)38-9-6-26(40)41/h3-5,8,13-15,17,36H,1-2,6-7,9-12,16H2,(H,38,42)(H,40,41). The van der Waals surface area contributed by atoms with Crippen molar-refractivity contribution in [2.24, 2.45) is 0 Å². The number of rotatable bonds is 16. The zero-order valence-corrected chi connectivity index (χ0v) is 23.8. The van der Waals surface area contributed by atoms with Gasteiger partial charge < -0.3 is 30.0 Å². The monoisotopic (exact) mass is 636 g/mol. The quantitative estimate of drug-likeness (QED) is 0.0870. The first kappa shape index (κ1) is 33.3. The molecule has 0 atom stereocenters. The summed E-state index contributed by atoms with van der Waals surface area (Å²) in [4.78, 5) is 31.9. The number of ether oxygens (including phenoxy) is 3. The van der Waals surface area contributed by atoms with Gasteiger partial charge in [-0.3, -0.25) is 14.6 Å². The van der Waals surface area contributed by atoms with E-state index in [-0.39, 0.29) is 38.3 Å². The molecule has 0 unspecified atom stereocenters. The van der Waals surface area contributed by atoms with Crippen LogP contribution in [0.3, 0.4) is 0 Å². The van der Waals surface area contributed by atoms with Crippen LogP contribution >= 0.6 is 0 Å². The summed E-state index contributed by atoms with van der Waals surface area (Å²) < 4.78 is 79.3. The van der Waals surface area contributed by atoms with Crippen molar-refractivity contribution in [3.8, 4) is 11.6 Å². The van der Waals surface area contributed by atoms with Gasteiger partial charge in [-0.15, -0.1) is 13.2 Å². The Labute approximate surface area is 253 Å². The molecule has 0 aliphatic heterocycles. The number of nitrogens with zero attached hydrogens (tertiary/aromatic N) is 2. The van der Waals surface area contributed by atoms with E-state index in [1.807, 2.05) is 0 Å². The number of aliphatic carboxylic acids is 1. The van der Waals surface area contributed by atoms with Crippen LogP contribution in [0.5, 0.6) is 11.6 Å². The zero-order valence-electron chi connectivity index (χ0n) is 23.8. The number of fused-ring (bicyclic) bond motifs is 3. The van der Waals surface area contributed by atoms with E-state index in [1.165, 1.54) is 0 Å². The summed E-state index contributed by atoms with van der Waals surface area (Å²) in [6, 6.07) is 8.31. The number of carbonyl (C=O) groups is 2.